The molecule has 0 radical (unpaired) electrons. The van der Waals surface area contributed by atoms with Crippen molar-refractivity contribution in [3.63, 3.8) is 0 Å². The second kappa shape index (κ2) is 15.3. The van der Waals surface area contributed by atoms with E-state index >= 15 is 0 Å². The molecule has 1 heteroatoms. The second-order valence-electron chi connectivity index (χ2n) is 11.7. The van der Waals surface area contributed by atoms with Crippen LogP contribution in [0.1, 0.15) is 84.6 Å². The Hall–Kier alpha value is -2.80. The first-order valence-corrected chi connectivity index (χ1v) is 13.1. The Kier molecular flexibility index (Phi) is 13.3. The zero-order valence-corrected chi connectivity index (χ0v) is 23.0. The molecule has 1 aliphatic carbocycles. The molecule has 0 aliphatic heterocycles. The number of rotatable bonds is 5. The molecule has 1 N–H and O–H groups in total. The fourth-order valence-corrected chi connectivity index (χ4v) is 4.28. The molecule has 0 atom stereocenters. The van der Waals surface area contributed by atoms with Crippen LogP contribution in [0.15, 0.2) is 84.9 Å². The summed E-state index contributed by atoms with van der Waals surface area (Å²) >= 11 is 0. The molecule has 0 amide bonds. The average molecular weight is 487 g/mol. The van der Waals surface area contributed by atoms with Crippen LogP contribution >= 0.6 is 0 Å². The number of hydrogen-bond donors (Lipinski definition) is 1. The average Bonchev–Trinajstić information content (AvgIpc) is 3.18. The van der Waals surface area contributed by atoms with Crippen molar-refractivity contribution in [3.05, 3.63) is 107 Å². The van der Waals surface area contributed by atoms with E-state index in [4.69, 9.17) is 5.11 Å². The number of hydrogen-bond acceptors (Lipinski definition) is 1. The molecule has 1 nitrogen and oxygen atoms in total. The van der Waals surface area contributed by atoms with Gasteiger partial charge in [0.25, 0.3) is 0 Å². The lowest BCUT2D eigenvalue weighted by Gasteiger charge is -2.19. The fraction of sp³-hybridized carbons (Fsp3) is 0.429. The first kappa shape index (κ1) is 31.2. The Bertz CT molecular complexity index is 1020. The normalized spacial score (nSPS) is 12.0. The van der Waals surface area contributed by atoms with Crippen LogP contribution in [-0.2, 0) is 19.3 Å². The van der Waals surface area contributed by atoms with E-state index in [0.29, 0.717) is 17.1 Å². The van der Waals surface area contributed by atoms with Gasteiger partial charge >= 0.3 is 0 Å². The van der Waals surface area contributed by atoms with Crippen LogP contribution in [0.25, 0.3) is 5.57 Å². The minimum atomic E-state index is 0. The van der Waals surface area contributed by atoms with Gasteiger partial charge in [-0.1, -0.05) is 129 Å². The Morgan fingerprint density at radius 1 is 0.694 bits per heavy atom. The van der Waals surface area contributed by atoms with E-state index in [2.05, 4.69) is 109 Å². The largest absolute Gasteiger partial charge is 0.508 e. The smallest absolute Gasteiger partial charge is 0.115 e. The summed E-state index contributed by atoms with van der Waals surface area (Å²) in [7, 11) is 0. The van der Waals surface area contributed by atoms with Crippen molar-refractivity contribution >= 4 is 5.57 Å². The van der Waals surface area contributed by atoms with Crippen LogP contribution in [-0.4, -0.2) is 5.11 Å². The van der Waals surface area contributed by atoms with Crippen LogP contribution in [0.3, 0.4) is 0 Å². The zero-order valence-electron chi connectivity index (χ0n) is 23.0. The highest BCUT2D eigenvalue weighted by Crippen LogP contribution is 2.35. The van der Waals surface area contributed by atoms with Crippen molar-refractivity contribution in [2.24, 2.45) is 17.3 Å². The molecule has 0 heterocycles. The summed E-state index contributed by atoms with van der Waals surface area (Å²) in [6.07, 6.45) is 6.97. The molecule has 1 aliphatic rings. The molecule has 3 aromatic rings. The van der Waals surface area contributed by atoms with Crippen molar-refractivity contribution < 1.29 is 5.11 Å². The highest BCUT2D eigenvalue weighted by molar-refractivity contribution is 5.73. The van der Waals surface area contributed by atoms with E-state index in [1.54, 1.807) is 12.1 Å². The molecule has 3 aromatic carbocycles. The lowest BCUT2D eigenvalue weighted by Crippen LogP contribution is -2.05. The van der Waals surface area contributed by atoms with Crippen molar-refractivity contribution in [2.75, 3.05) is 0 Å². The van der Waals surface area contributed by atoms with Crippen LogP contribution in [0, 0.1) is 17.3 Å². The predicted molar refractivity (Wildman–Crippen MR) is 161 cm³/mol. The van der Waals surface area contributed by atoms with E-state index < -0.39 is 0 Å². The molecule has 0 unspecified atom stereocenters. The standard InChI is InChI=1S/C14H18.C10H14O.C10H14.CH4/c1-14(2,3)10-12-9-8-11-6-4-5-7-13(11)12;1-8(2)7-9-3-5-10(11)6-4-9;1-9(2)8-10-6-4-3-5-7-10;/h4-7,9H,8,10H2,1-3H3;3-6,8,11H,7H2,1-2H3;3-7,9H,8H2,1-2H3;1H4. The summed E-state index contributed by atoms with van der Waals surface area (Å²) in [6, 6.07) is 26.8. The second-order valence-corrected chi connectivity index (χ2v) is 11.7. The molecule has 0 saturated heterocycles. The molecule has 0 spiro atoms. The van der Waals surface area contributed by atoms with Gasteiger partial charge in [-0.25, -0.2) is 0 Å². The molecular formula is C35H50O. The Morgan fingerprint density at radius 3 is 1.72 bits per heavy atom. The lowest BCUT2D eigenvalue weighted by atomic mass is 9.86. The van der Waals surface area contributed by atoms with Gasteiger partial charge in [0.05, 0.1) is 0 Å². The van der Waals surface area contributed by atoms with Gasteiger partial charge in [0.15, 0.2) is 0 Å². The van der Waals surface area contributed by atoms with Gasteiger partial charge < -0.3 is 5.11 Å². The van der Waals surface area contributed by atoms with Crippen LogP contribution in [0.5, 0.6) is 5.75 Å². The summed E-state index contributed by atoms with van der Waals surface area (Å²) in [5.41, 5.74) is 7.63. The third kappa shape index (κ3) is 12.2. The minimum absolute atomic E-state index is 0. The van der Waals surface area contributed by atoms with Gasteiger partial charge in [0.2, 0.25) is 0 Å². The van der Waals surface area contributed by atoms with Crippen molar-refractivity contribution in [3.8, 4) is 5.75 Å². The molecule has 0 aromatic heterocycles. The zero-order chi connectivity index (χ0) is 25.8. The highest BCUT2D eigenvalue weighted by Gasteiger charge is 2.19. The first-order valence-electron chi connectivity index (χ1n) is 13.1. The van der Waals surface area contributed by atoms with Gasteiger partial charge in [0, 0.05) is 0 Å². The van der Waals surface area contributed by atoms with E-state index in [9.17, 15) is 0 Å². The molecule has 196 valence electrons. The Labute approximate surface area is 222 Å². The van der Waals surface area contributed by atoms with Crippen LogP contribution in [0.4, 0.5) is 0 Å². The quantitative estimate of drug-likeness (QED) is 0.380. The number of allylic oxidation sites excluding steroid dienone is 2. The van der Waals surface area contributed by atoms with Gasteiger partial charge in [-0.2, -0.15) is 0 Å². The molecule has 4 rings (SSSR count). The molecule has 0 fully saturated rings. The number of aromatic hydroxyl groups is 1. The molecular weight excluding hydrogens is 436 g/mol. The van der Waals surface area contributed by atoms with E-state index in [-0.39, 0.29) is 7.43 Å². The van der Waals surface area contributed by atoms with E-state index in [1.165, 1.54) is 40.7 Å². The highest BCUT2D eigenvalue weighted by atomic mass is 16.3. The van der Waals surface area contributed by atoms with Gasteiger partial charge in [-0.15, -0.1) is 0 Å². The lowest BCUT2D eigenvalue weighted by molar-refractivity contribution is 0.427. The third-order valence-corrected chi connectivity index (χ3v) is 5.72. The van der Waals surface area contributed by atoms with Crippen molar-refractivity contribution in [2.45, 2.75) is 81.6 Å². The maximum absolute atomic E-state index is 8.99. The maximum atomic E-state index is 8.99. The van der Waals surface area contributed by atoms with Gasteiger partial charge in [-0.05, 0) is 82.9 Å². The number of fused-ring (bicyclic) bond motifs is 1. The Morgan fingerprint density at radius 2 is 1.19 bits per heavy atom. The Balaban J connectivity index is 0.000000271. The van der Waals surface area contributed by atoms with Crippen molar-refractivity contribution in [1.29, 1.82) is 0 Å². The molecule has 0 saturated carbocycles. The summed E-state index contributed by atoms with van der Waals surface area (Å²) < 4.78 is 0. The van der Waals surface area contributed by atoms with Crippen LogP contribution < -0.4 is 0 Å². The van der Waals surface area contributed by atoms with E-state index in [1.807, 2.05) is 12.1 Å². The summed E-state index contributed by atoms with van der Waals surface area (Å²) in [4.78, 5) is 0. The summed E-state index contributed by atoms with van der Waals surface area (Å²) in [5, 5.41) is 8.99. The number of phenols is 1. The fourth-order valence-electron chi connectivity index (χ4n) is 4.28. The molecule has 36 heavy (non-hydrogen) atoms. The van der Waals surface area contributed by atoms with Gasteiger partial charge in [0.1, 0.15) is 5.75 Å². The number of benzene rings is 3. The SMILES string of the molecule is C.CC(C)(C)CC1=CCc2ccccc21.CC(C)Cc1ccc(O)cc1.CC(C)Cc1ccccc1. The third-order valence-electron chi connectivity index (χ3n) is 5.72. The topological polar surface area (TPSA) is 20.2 Å². The molecule has 0 bridgehead atoms. The van der Waals surface area contributed by atoms with Crippen LogP contribution in [0.2, 0.25) is 0 Å². The maximum Gasteiger partial charge on any atom is 0.115 e. The van der Waals surface area contributed by atoms with E-state index in [0.717, 1.165) is 18.8 Å². The predicted octanol–water partition coefficient (Wildman–Crippen LogP) is 10.2. The summed E-state index contributed by atoms with van der Waals surface area (Å²) in [6.45, 7) is 15.8. The minimum Gasteiger partial charge on any atom is -0.508 e. The first-order chi connectivity index (χ1) is 16.5. The van der Waals surface area contributed by atoms with Gasteiger partial charge in [-0.3, -0.25) is 0 Å². The summed E-state index contributed by atoms with van der Waals surface area (Å²) in [5.74, 6) is 1.79. The van der Waals surface area contributed by atoms with Crippen molar-refractivity contribution in [1.82, 2.24) is 0 Å². The number of phenolic OH excluding ortho intramolecular Hbond substituents is 1. The monoisotopic (exact) mass is 486 g/mol.